The van der Waals surface area contributed by atoms with E-state index in [1.54, 1.807) is 24.3 Å². The molecule has 0 aliphatic heterocycles. The number of hydrogen-bond acceptors (Lipinski definition) is 5. The number of nitro benzene ring substituents is 1. The van der Waals surface area contributed by atoms with Crippen molar-refractivity contribution in [2.45, 2.75) is 6.92 Å². The zero-order valence-electron chi connectivity index (χ0n) is 14.0. The predicted molar refractivity (Wildman–Crippen MR) is 104 cm³/mol. The van der Waals surface area contributed by atoms with Crippen LogP contribution in [0.1, 0.15) is 17.3 Å². The van der Waals surface area contributed by atoms with E-state index < -0.39 is 10.8 Å². The number of carbonyl (C=O) groups excluding carboxylic acids is 1. The van der Waals surface area contributed by atoms with Gasteiger partial charge in [-0.05, 0) is 55.0 Å². The van der Waals surface area contributed by atoms with Crippen LogP contribution in [-0.2, 0) is 0 Å². The van der Waals surface area contributed by atoms with Gasteiger partial charge in [0.1, 0.15) is 12.4 Å². The molecule has 0 bridgehead atoms. The molecule has 0 radical (unpaired) electrons. The second-order valence-electron chi connectivity index (χ2n) is 5.49. The van der Waals surface area contributed by atoms with E-state index in [1.807, 2.05) is 6.92 Å². The molecule has 134 valence electrons. The number of rotatable bonds is 6. The van der Waals surface area contributed by atoms with Crippen molar-refractivity contribution in [2.75, 3.05) is 11.9 Å². The lowest BCUT2D eigenvalue weighted by molar-refractivity contribution is -0.384. The highest BCUT2D eigenvalue weighted by molar-refractivity contribution is 7.80. The maximum atomic E-state index is 12.1. The first-order chi connectivity index (χ1) is 12.3. The van der Waals surface area contributed by atoms with Gasteiger partial charge in [0.2, 0.25) is 0 Å². The van der Waals surface area contributed by atoms with Crippen LogP contribution in [-0.4, -0.2) is 22.5 Å². The van der Waals surface area contributed by atoms with E-state index >= 15 is 0 Å². The van der Waals surface area contributed by atoms with Crippen molar-refractivity contribution in [3.8, 4) is 5.75 Å². The molecular formula is C18H17N3O4S. The van der Waals surface area contributed by atoms with Gasteiger partial charge in [-0.2, -0.15) is 0 Å². The summed E-state index contributed by atoms with van der Waals surface area (Å²) in [6.07, 6.45) is 0. The van der Waals surface area contributed by atoms with Gasteiger partial charge < -0.3 is 10.1 Å². The molecule has 0 heterocycles. The van der Waals surface area contributed by atoms with Gasteiger partial charge in [-0.25, -0.2) is 0 Å². The lowest BCUT2D eigenvalue weighted by atomic mass is 10.2. The largest absolute Gasteiger partial charge is 0.489 e. The Morgan fingerprint density at radius 3 is 2.58 bits per heavy atom. The van der Waals surface area contributed by atoms with Gasteiger partial charge in [-0.1, -0.05) is 12.6 Å². The molecule has 0 saturated carbocycles. The number of hydrogen-bond donors (Lipinski definition) is 2. The predicted octanol–water partition coefficient (Wildman–Crippen LogP) is 3.68. The summed E-state index contributed by atoms with van der Waals surface area (Å²) in [6.45, 7) is 6.07. The molecule has 2 rings (SSSR count). The number of thiocarbonyl (C=S) groups is 1. The molecule has 7 nitrogen and oxygen atoms in total. The van der Waals surface area contributed by atoms with E-state index in [4.69, 9.17) is 17.0 Å². The Kier molecular flexibility index (Phi) is 6.40. The number of carbonyl (C=O) groups is 1. The molecule has 1 amide bonds. The van der Waals surface area contributed by atoms with Crippen LogP contribution in [0.15, 0.2) is 60.7 Å². The Labute approximate surface area is 155 Å². The second-order valence-corrected chi connectivity index (χ2v) is 5.89. The third-order valence-electron chi connectivity index (χ3n) is 3.14. The smallest absolute Gasteiger partial charge is 0.270 e. The summed E-state index contributed by atoms with van der Waals surface area (Å²) in [5, 5.41) is 16.2. The summed E-state index contributed by atoms with van der Waals surface area (Å²) in [5.41, 5.74) is 1.56. The van der Waals surface area contributed by atoms with Crippen molar-refractivity contribution in [2.24, 2.45) is 0 Å². The second kappa shape index (κ2) is 8.72. The Bertz CT molecular complexity index is 850. The SMILES string of the molecule is C=C(C)COc1ccc(NC(=S)NC(=O)c2cccc([N+](=O)[O-])c2)cc1. The van der Waals surface area contributed by atoms with E-state index in [0.29, 0.717) is 18.0 Å². The van der Waals surface area contributed by atoms with Crippen LogP contribution in [0, 0.1) is 10.1 Å². The van der Waals surface area contributed by atoms with Crippen molar-refractivity contribution in [3.63, 3.8) is 0 Å². The molecule has 0 spiro atoms. The molecule has 0 aliphatic rings. The fourth-order valence-electron chi connectivity index (χ4n) is 1.94. The number of ether oxygens (including phenoxy) is 1. The van der Waals surface area contributed by atoms with Gasteiger partial charge in [0, 0.05) is 23.4 Å². The molecule has 0 unspecified atom stereocenters. The minimum atomic E-state index is -0.565. The van der Waals surface area contributed by atoms with Gasteiger partial charge in [-0.3, -0.25) is 20.2 Å². The molecule has 0 aromatic heterocycles. The quantitative estimate of drug-likeness (QED) is 0.348. The number of amides is 1. The molecule has 0 fully saturated rings. The summed E-state index contributed by atoms with van der Waals surface area (Å²) in [4.78, 5) is 22.3. The van der Waals surface area contributed by atoms with Crippen LogP contribution in [0.3, 0.4) is 0 Å². The van der Waals surface area contributed by atoms with Gasteiger partial charge >= 0.3 is 0 Å². The van der Waals surface area contributed by atoms with Crippen molar-refractivity contribution in [3.05, 3.63) is 76.4 Å². The van der Waals surface area contributed by atoms with Crippen molar-refractivity contribution in [1.29, 1.82) is 0 Å². The molecule has 26 heavy (non-hydrogen) atoms. The number of anilines is 1. The zero-order valence-corrected chi connectivity index (χ0v) is 14.8. The van der Waals surface area contributed by atoms with E-state index in [-0.39, 0.29) is 16.4 Å². The maximum Gasteiger partial charge on any atom is 0.270 e. The van der Waals surface area contributed by atoms with Crippen LogP contribution in [0.25, 0.3) is 0 Å². The highest BCUT2D eigenvalue weighted by Crippen LogP contribution is 2.16. The third-order valence-corrected chi connectivity index (χ3v) is 3.35. The van der Waals surface area contributed by atoms with Gasteiger partial charge in [0.15, 0.2) is 5.11 Å². The number of nitrogens with zero attached hydrogens (tertiary/aromatic N) is 1. The number of non-ortho nitro benzene ring substituents is 1. The monoisotopic (exact) mass is 371 g/mol. The van der Waals surface area contributed by atoms with Crippen LogP contribution in [0.4, 0.5) is 11.4 Å². The Balaban J connectivity index is 1.93. The minimum absolute atomic E-state index is 0.0807. The lowest BCUT2D eigenvalue weighted by Crippen LogP contribution is -2.34. The fourth-order valence-corrected chi connectivity index (χ4v) is 2.15. The fraction of sp³-hybridized carbons (Fsp3) is 0.111. The highest BCUT2D eigenvalue weighted by atomic mass is 32.1. The van der Waals surface area contributed by atoms with Crippen LogP contribution >= 0.6 is 12.2 Å². The Morgan fingerprint density at radius 2 is 1.96 bits per heavy atom. The van der Waals surface area contributed by atoms with Crippen molar-refractivity contribution < 1.29 is 14.5 Å². The standard InChI is InChI=1S/C18H17N3O4S/c1-12(2)11-25-16-8-6-14(7-9-16)19-18(26)20-17(22)13-4-3-5-15(10-13)21(23)24/h3-10H,1,11H2,2H3,(H2,19,20,22,26). The van der Waals surface area contributed by atoms with E-state index in [1.165, 1.54) is 24.3 Å². The number of benzene rings is 2. The van der Waals surface area contributed by atoms with Crippen molar-refractivity contribution in [1.82, 2.24) is 5.32 Å². The number of nitro groups is 1. The Morgan fingerprint density at radius 1 is 1.27 bits per heavy atom. The van der Waals surface area contributed by atoms with Gasteiger partial charge in [0.05, 0.1) is 4.92 Å². The molecule has 2 aromatic carbocycles. The molecular weight excluding hydrogens is 354 g/mol. The summed E-state index contributed by atoms with van der Waals surface area (Å²) < 4.78 is 5.50. The molecule has 2 N–H and O–H groups in total. The molecule has 0 atom stereocenters. The van der Waals surface area contributed by atoms with Crippen molar-refractivity contribution >= 4 is 34.6 Å². The first-order valence-corrected chi connectivity index (χ1v) is 8.00. The summed E-state index contributed by atoms with van der Waals surface area (Å²) >= 11 is 5.10. The Hall–Kier alpha value is -3.26. The van der Waals surface area contributed by atoms with Crippen LogP contribution < -0.4 is 15.4 Å². The van der Waals surface area contributed by atoms with Crippen LogP contribution in [0.5, 0.6) is 5.75 Å². The molecule has 0 aliphatic carbocycles. The van der Waals surface area contributed by atoms with E-state index in [0.717, 1.165) is 5.57 Å². The van der Waals surface area contributed by atoms with E-state index in [9.17, 15) is 14.9 Å². The third kappa shape index (κ3) is 5.67. The van der Waals surface area contributed by atoms with Crippen LogP contribution in [0.2, 0.25) is 0 Å². The summed E-state index contributed by atoms with van der Waals surface area (Å²) in [6, 6.07) is 12.4. The highest BCUT2D eigenvalue weighted by Gasteiger charge is 2.12. The first-order valence-electron chi connectivity index (χ1n) is 7.59. The normalized spacial score (nSPS) is 9.88. The average molecular weight is 371 g/mol. The maximum absolute atomic E-state index is 12.1. The van der Waals surface area contributed by atoms with Gasteiger partial charge in [-0.15, -0.1) is 0 Å². The topological polar surface area (TPSA) is 93.5 Å². The summed E-state index contributed by atoms with van der Waals surface area (Å²) in [7, 11) is 0. The molecule has 8 heteroatoms. The van der Waals surface area contributed by atoms with Gasteiger partial charge in [0.25, 0.3) is 11.6 Å². The summed E-state index contributed by atoms with van der Waals surface area (Å²) in [5.74, 6) is 0.151. The van der Waals surface area contributed by atoms with E-state index in [2.05, 4.69) is 17.2 Å². The zero-order chi connectivity index (χ0) is 19.1. The lowest BCUT2D eigenvalue weighted by Gasteiger charge is -2.11. The first kappa shape index (κ1) is 19.1. The minimum Gasteiger partial charge on any atom is -0.489 e. The molecule has 0 saturated heterocycles. The number of nitrogens with one attached hydrogen (secondary N) is 2. The molecule has 2 aromatic rings. The average Bonchev–Trinajstić information content (AvgIpc) is 2.61.